The van der Waals surface area contributed by atoms with Gasteiger partial charge in [0.1, 0.15) is 0 Å². The molecule has 7 heteroatoms. The fraction of sp³-hybridized carbons (Fsp3) is 0.385. The second-order valence-electron chi connectivity index (χ2n) is 3.81. The number of esters is 1. The number of hydrogen-bond acceptors (Lipinski definition) is 5. The number of ether oxygens (including phenoxy) is 3. The minimum atomic E-state index is -1.14. The SMILES string of the molecule is CCOC(=O)C(C)Oc1c(Cl)cc(C(=O)O)cc1OC. The predicted molar refractivity (Wildman–Crippen MR) is 71.7 cm³/mol. The molecule has 1 N–H and O–H groups in total. The van der Waals surface area contributed by atoms with Crippen molar-refractivity contribution in [2.45, 2.75) is 20.0 Å². The number of aromatic carboxylic acids is 1. The first-order chi connectivity index (χ1) is 9.40. The average molecular weight is 303 g/mol. The molecular weight excluding hydrogens is 288 g/mol. The summed E-state index contributed by atoms with van der Waals surface area (Å²) >= 11 is 5.96. The Bertz CT molecular complexity index is 514. The van der Waals surface area contributed by atoms with E-state index >= 15 is 0 Å². The first-order valence-electron chi connectivity index (χ1n) is 5.84. The van der Waals surface area contributed by atoms with Crippen LogP contribution in [0.4, 0.5) is 0 Å². The van der Waals surface area contributed by atoms with E-state index in [1.165, 1.54) is 26.2 Å². The second-order valence-corrected chi connectivity index (χ2v) is 4.21. The van der Waals surface area contributed by atoms with E-state index in [0.717, 1.165) is 0 Å². The number of carboxylic acid groups (broad SMARTS) is 1. The van der Waals surface area contributed by atoms with Gasteiger partial charge in [-0.15, -0.1) is 0 Å². The van der Waals surface area contributed by atoms with Crippen LogP contribution in [0, 0.1) is 0 Å². The van der Waals surface area contributed by atoms with Crippen molar-refractivity contribution in [3.05, 3.63) is 22.7 Å². The van der Waals surface area contributed by atoms with Crippen molar-refractivity contribution < 1.29 is 28.9 Å². The molecule has 0 aromatic heterocycles. The van der Waals surface area contributed by atoms with Gasteiger partial charge in [-0.3, -0.25) is 0 Å². The first kappa shape index (κ1) is 16.1. The molecular formula is C13H15ClO6. The fourth-order valence-corrected chi connectivity index (χ4v) is 1.70. The minimum Gasteiger partial charge on any atom is -0.493 e. The van der Waals surface area contributed by atoms with Gasteiger partial charge in [0.15, 0.2) is 17.6 Å². The summed E-state index contributed by atoms with van der Waals surface area (Å²) in [5.41, 5.74) is -0.0389. The number of carbonyl (C=O) groups excluding carboxylic acids is 1. The van der Waals surface area contributed by atoms with Crippen molar-refractivity contribution >= 4 is 23.5 Å². The van der Waals surface area contributed by atoms with E-state index in [9.17, 15) is 9.59 Å². The highest BCUT2D eigenvalue weighted by Gasteiger charge is 2.21. The predicted octanol–water partition coefficient (Wildman–Crippen LogP) is 2.38. The van der Waals surface area contributed by atoms with Crippen LogP contribution in [0.15, 0.2) is 12.1 Å². The van der Waals surface area contributed by atoms with Crippen LogP contribution in [0.2, 0.25) is 5.02 Å². The number of carboxylic acids is 1. The van der Waals surface area contributed by atoms with E-state index in [-0.39, 0.29) is 28.7 Å². The van der Waals surface area contributed by atoms with Gasteiger partial charge in [0.2, 0.25) is 0 Å². The maximum Gasteiger partial charge on any atom is 0.347 e. The van der Waals surface area contributed by atoms with Gasteiger partial charge >= 0.3 is 11.9 Å². The molecule has 1 unspecified atom stereocenters. The van der Waals surface area contributed by atoms with Crippen LogP contribution < -0.4 is 9.47 Å². The molecule has 0 bridgehead atoms. The van der Waals surface area contributed by atoms with Gasteiger partial charge in [0.25, 0.3) is 0 Å². The maximum absolute atomic E-state index is 11.5. The Morgan fingerprint density at radius 2 is 2.05 bits per heavy atom. The highest BCUT2D eigenvalue weighted by molar-refractivity contribution is 6.32. The smallest absolute Gasteiger partial charge is 0.347 e. The van der Waals surface area contributed by atoms with E-state index in [1.807, 2.05) is 0 Å². The molecule has 0 aliphatic rings. The van der Waals surface area contributed by atoms with E-state index < -0.39 is 18.0 Å². The lowest BCUT2D eigenvalue weighted by Crippen LogP contribution is -2.26. The van der Waals surface area contributed by atoms with Crippen molar-refractivity contribution in [2.75, 3.05) is 13.7 Å². The Labute approximate surface area is 121 Å². The molecule has 110 valence electrons. The van der Waals surface area contributed by atoms with E-state index in [0.29, 0.717) is 0 Å². The number of hydrogen-bond donors (Lipinski definition) is 1. The maximum atomic E-state index is 11.5. The van der Waals surface area contributed by atoms with Crippen LogP contribution in [0.25, 0.3) is 0 Å². The fourth-order valence-electron chi connectivity index (χ4n) is 1.44. The first-order valence-corrected chi connectivity index (χ1v) is 6.22. The topological polar surface area (TPSA) is 82.1 Å². The molecule has 1 atom stereocenters. The summed E-state index contributed by atoms with van der Waals surface area (Å²) in [4.78, 5) is 22.4. The Kier molecular flexibility index (Phi) is 5.64. The van der Waals surface area contributed by atoms with Crippen LogP contribution in [-0.2, 0) is 9.53 Å². The van der Waals surface area contributed by atoms with Gasteiger partial charge in [0.05, 0.1) is 24.3 Å². The molecule has 0 heterocycles. The van der Waals surface area contributed by atoms with Gasteiger partial charge in [-0.2, -0.15) is 0 Å². The van der Waals surface area contributed by atoms with Crippen LogP contribution in [0.5, 0.6) is 11.5 Å². The zero-order chi connectivity index (χ0) is 15.3. The molecule has 0 fully saturated rings. The standard InChI is InChI=1S/C13H15ClO6/c1-4-19-13(17)7(2)20-11-9(14)5-8(12(15)16)6-10(11)18-3/h5-7H,4H2,1-3H3,(H,15,16). The third-order valence-electron chi connectivity index (χ3n) is 2.39. The van der Waals surface area contributed by atoms with Crippen molar-refractivity contribution in [3.63, 3.8) is 0 Å². The largest absolute Gasteiger partial charge is 0.493 e. The van der Waals surface area contributed by atoms with Gasteiger partial charge in [-0.25, -0.2) is 9.59 Å². The summed E-state index contributed by atoms with van der Waals surface area (Å²) in [5, 5.41) is 8.97. The highest BCUT2D eigenvalue weighted by Crippen LogP contribution is 2.37. The highest BCUT2D eigenvalue weighted by atomic mass is 35.5. The molecule has 1 rings (SSSR count). The molecule has 0 spiro atoms. The van der Waals surface area contributed by atoms with Crippen molar-refractivity contribution in [2.24, 2.45) is 0 Å². The summed E-state index contributed by atoms with van der Waals surface area (Å²) in [7, 11) is 1.35. The second kappa shape index (κ2) is 7.00. The van der Waals surface area contributed by atoms with Gasteiger partial charge < -0.3 is 19.3 Å². The number of rotatable bonds is 6. The Morgan fingerprint density at radius 3 is 2.55 bits per heavy atom. The summed E-state index contributed by atoms with van der Waals surface area (Å²) < 4.78 is 15.2. The summed E-state index contributed by atoms with van der Waals surface area (Å²) in [5.74, 6) is -1.46. The summed E-state index contributed by atoms with van der Waals surface area (Å²) in [6, 6.07) is 2.49. The Morgan fingerprint density at radius 1 is 1.40 bits per heavy atom. The minimum absolute atomic E-state index is 0.0389. The van der Waals surface area contributed by atoms with Crippen LogP contribution in [0.1, 0.15) is 24.2 Å². The quantitative estimate of drug-likeness (QED) is 0.812. The lowest BCUT2D eigenvalue weighted by molar-refractivity contribution is -0.150. The van der Waals surface area contributed by atoms with Gasteiger partial charge in [0, 0.05) is 0 Å². The molecule has 6 nitrogen and oxygen atoms in total. The molecule has 0 radical (unpaired) electrons. The monoisotopic (exact) mass is 302 g/mol. The van der Waals surface area contributed by atoms with E-state index in [4.69, 9.17) is 30.9 Å². The zero-order valence-electron chi connectivity index (χ0n) is 11.3. The summed E-state index contributed by atoms with van der Waals surface area (Å²) in [6.07, 6.45) is -0.892. The van der Waals surface area contributed by atoms with Crippen LogP contribution in [-0.4, -0.2) is 36.9 Å². The summed E-state index contributed by atoms with van der Waals surface area (Å²) in [6.45, 7) is 3.41. The molecule has 0 amide bonds. The van der Waals surface area contributed by atoms with Crippen molar-refractivity contribution in [1.29, 1.82) is 0 Å². The number of benzene rings is 1. The molecule has 0 aliphatic heterocycles. The third kappa shape index (κ3) is 3.77. The molecule has 0 saturated carbocycles. The lowest BCUT2D eigenvalue weighted by atomic mass is 10.2. The van der Waals surface area contributed by atoms with Gasteiger partial charge in [-0.1, -0.05) is 11.6 Å². The molecule has 20 heavy (non-hydrogen) atoms. The molecule has 0 saturated heterocycles. The number of halogens is 1. The Hall–Kier alpha value is -1.95. The van der Waals surface area contributed by atoms with E-state index in [2.05, 4.69) is 0 Å². The van der Waals surface area contributed by atoms with Crippen LogP contribution >= 0.6 is 11.6 Å². The Balaban J connectivity index is 3.06. The third-order valence-corrected chi connectivity index (χ3v) is 2.67. The molecule has 0 aliphatic carbocycles. The number of carbonyl (C=O) groups is 2. The van der Waals surface area contributed by atoms with E-state index in [1.54, 1.807) is 6.92 Å². The van der Waals surface area contributed by atoms with Crippen LogP contribution in [0.3, 0.4) is 0 Å². The molecule has 1 aromatic rings. The average Bonchev–Trinajstić information content (AvgIpc) is 2.40. The van der Waals surface area contributed by atoms with Crippen molar-refractivity contribution in [1.82, 2.24) is 0 Å². The van der Waals surface area contributed by atoms with Crippen molar-refractivity contribution in [3.8, 4) is 11.5 Å². The van der Waals surface area contributed by atoms with Gasteiger partial charge in [-0.05, 0) is 26.0 Å². The molecule has 1 aromatic carbocycles. The number of methoxy groups -OCH3 is 1. The zero-order valence-corrected chi connectivity index (χ0v) is 12.1. The lowest BCUT2D eigenvalue weighted by Gasteiger charge is -2.17. The normalized spacial score (nSPS) is 11.6.